The third-order valence-electron chi connectivity index (χ3n) is 7.71. The van der Waals surface area contributed by atoms with Gasteiger partial charge in [0.15, 0.2) is 0 Å². The number of sulfonamides is 1. The van der Waals surface area contributed by atoms with Crippen LogP contribution in [-0.4, -0.2) is 43.8 Å². The number of anilines is 1. The van der Waals surface area contributed by atoms with Crippen molar-refractivity contribution in [1.82, 2.24) is 10.2 Å². The Kier molecular flexibility index (Phi) is 12.6. The van der Waals surface area contributed by atoms with Crippen LogP contribution in [0.1, 0.15) is 37.0 Å². The van der Waals surface area contributed by atoms with Gasteiger partial charge in [0.05, 0.1) is 20.6 Å². The number of halogens is 4. The van der Waals surface area contributed by atoms with Gasteiger partial charge in [-0.15, -0.1) is 0 Å². The summed E-state index contributed by atoms with van der Waals surface area (Å²) in [6, 6.07) is 23.6. The summed E-state index contributed by atoms with van der Waals surface area (Å²) in [5.74, 6) is -1.03. The van der Waals surface area contributed by atoms with E-state index in [1.165, 1.54) is 35.2 Å². The van der Waals surface area contributed by atoms with Crippen LogP contribution in [0, 0.1) is 6.92 Å². The van der Waals surface area contributed by atoms with Crippen LogP contribution in [0.25, 0.3) is 0 Å². The first kappa shape index (κ1) is 36.6. The van der Waals surface area contributed by atoms with E-state index in [4.69, 9.17) is 46.4 Å². The first-order chi connectivity index (χ1) is 22.3. The molecule has 2 amide bonds. The second kappa shape index (κ2) is 16.2. The standard InChI is InChI=1S/C35H35Cl4N3O4S/c1-4-24(3)40-35(44)33(18-25-8-6-5-7-9-25)41(21-26-12-13-27(36)19-31(26)38)34(43)22-42(28-14-17-30(37)32(39)20-28)47(45,46)29-15-10-23(2)11-16-29/h5-17,19-20,24,33H,4,18,21-22H2,1-3H3,(H,40,44)/t24-,33-/m1/s1. The van der Waals surface area contributed by atoms with Gasteiger partial charge in [-0.1, -0.05) is 107 Å². The second-order valence-electron chi connectivity index (χ2n) is 11.2. The fourth-order valence-corrected chi connectivity index (χ4v) is 7.00. The molecule has 0 bridgehead atoms. The zero-order chi connectivity index (χ0) is 34.3. The van der Waals surface area contributed by atoms with E-state index in [1.54, 1.807) is 30.3 Å². The van der Waals surface area contributed by atoms with Crippen LogP contribution in [0.2, 0.25) is 20.1 Å². The highest BCUT2D eigenvalue weighted by Gasteiger charge is 2.35. The van der Waals surface area contributed by atoms with E-state index in [0.717, 1.165) is 15.4 Å². The smallest absolute Gasteiger partial charge is 0.264 e. The highest BCUT2D eigenvalue weighted by atomic mass is 35.5. The van der Waals surface area contributed by atoms with Crippen LogP contribution in [-0.2, 0) is 32.6 Å². The lowest BCUT2D eigenvalue weighted by Crippen LogP contribution is -2.54. The van der Waals surface area contributed by atoms with Crippen LogP contribution in [0.3, 0.4) is 0 Å². The van der Waals surface area contributed by atoms with Crippen molar-refractivity contribution in [2.75, 3.05) is 10.8 Å². The Morgan fingerprint density at radius 3 is 2.13 bits per heavy atom. The maximum absolute atomic E-state index is 14.6. The van der Waals surface area contributed by atoms with E-state index < -0.39 is 28.5 Å². The number of hydrogen-bond donors (Lipinski definition) is 1. The number of nitrogens with zero attached hydrogens (tertiary/aromatic N) is 2. The van der Waals surface area contributed by atoms with Gasteiger partial charge in [0, 0.05) is 29.1 Å². The molecule has 0 spiro atoms. The van der Waals surface area contributed by atoms with Gasteiger partial charge >= 0.3 is 0 Å². The Hall–Kier alpha value is -3.27. The topological polar surface area (TPSA) is 86.8 Å². The number of nitrogens with one attached hydrogen (secondary N) is 1. The molecule has 0 aromatic heterocycles. The molecule has 4 aromatic carbocycles. The van der Waals surface area contributed by atoms with E-state index in [1.807, 2.05) is 51.1 Å². The molecular weight excluding hydrogens is 700 g/mol. The van der Waals surface area contributed by atoms with Crippen molar-refractivity contribution in [1.29, 1.82) is 0 Å². The predicted octanol–water partition coefficient (Wildman–Crippen LogP) is 8.36. The molecule has 0 aliphatic rings. The normalized spacial score (nSPS) is 12.7. The fourth-order valence-electron chi connectivity index (χ4n) is 4.83. The second-order valence-corrected chi connectivity index (χ2v) is 14.7. The van der Waals surface area contributed by atoms with Crippen LogP contribution in [0.15, 0.2) is 95.9 Å². The summed E-state index contributed by atoms with van der Waals surface area (Å²) < 4.78 is 29.4. The molecule has 4 aromatic rings. The SMILES string of the molecule is CC[C@@H](C)NC(=O)[C@@H](Cc1ccccc1)N(Cc1ccc(Cl)cc1Cl)C(=O)CN(c1ccc(Cl)c(Cl)c1)S(=O)(=O)c1ccc(C)cc1. The molecule has 0 radical (unpaired) electrons. The summed E-state index contributed by atoms with van der Waals surface area (Å²) in [7, 11) is -4.30. The number of aryl methyl sites for hydroxylation is 1. The zero-order valence-electron chi connectivity index (χ0n) is 26.1. The van der Waals surface area contributed by atoms with Gasteiger partial charge in [-0.3, -0.25) is 13.9 Å². The Morgan fingerprint density at radius 2 is 1.51 bits per heavy atom. The summed E-state index contributed by atoms with van der Waals surface area (Å²) in [5.41, 5.74) is 2.33. The lowest BCUT2D eigenvalue weighted by atomic mass is 10.0. The summed E-state index contributed by atoms with van der Waals surface area (Å²) in [6.45, 7) is 4.91. The molecule has 1 N–H and O–H groups in total. The third kappa shape index (κ3) is 9.42. The van der Waals surface area contributed by atoms with Gasteiger partial charge in [-0.05, 0) is 73.9 Å². The summed E-state index contributed by atoms with van der Waals surface area (Å²) in [4.78, 5) is 29.9. The molecule has 0 heterocycles. The first-order valence-corrected chi connectivity index (χ1v) is 17.9. The van der Waals surface area contributed by atoms with Gasteiger partial charge < -0.3 is 10.2 Å². The molecule has 4 rings (SSSR count). The Balaban J connectivity index is 1.85. The number of carbonyl (C=O) groups excluding carboxylic acids is 2. The molecule has 12 heteroatoms. The maximum atomic E-state index is 14.6. The summed E-state index contributed by atoms with van der Waals surface area (Å²) in [6.07, 6.45) is 0.832. The number of hydrogen-bond acceptors (Lipinski definition) is 4. The fraction of sp³-hybridized carbons (Fsp3) is 0.257. The van der Waals surface area contributed by atoms with E-state index in [2.05, 4.69) is 5.32 Å². The Labute approximate surface area is 296 Å². The number of carbonyl (C=O) groups is 2. The zero-order valence-corrected chi connectivity index (χ0v) is 29.9. The van der Waals surface area contributed by atoms with Gasteiger partial charge in [0.2, 0.25) is 11.8 Å². The molecule has 2 atom stereocenters. The largest absolute Gasteiger partial charge is 0.352 e. The molecule has 0 unspecified atom stereocenters. The first-order valence-electron chi connectivity index (χ1n) is 14.9. The highest BCUT2D eigenvalue weighted by Crippen LogP contribution is 2.31. The quantitative estimate of drug-likeness (QED) is 0.150. The van der Waals surface area contributed by atoms with Crippen molar-refractivity contribution < 1.29 is 18.0 Å². The van der Waals surface area contributed by atoms with Crippen molar-refractivity contribution >= 4 is 73.9 Å². The molecule has 0 aliphatic heterocycles. The van der Waals surface area contributed by atoms with Gasteiger partial charge in [0.1, 0.15) is 12.6 Å². The average Bonchev–Trinajstić information content (AvgIpc) is 3.04. The van der Waals surface area contributed by atoms with Crippen molar-refractivity contribution in [3.05, 3.63) is 128 Å². The van der Waals surface area contributed by atoms with Crippen LogP contribution in [0.5, 0.6) is 0 Å². The minimum absolute atomic E-state index is 0.0235. The van der Waals surface area contributed by atoms with Crippen LogP contribution >= 0.6 is 46.4 Å². The average molecular weight is 736 g/mol. The van der Waals surface area contributed by atoms with Gasteiger partial charge in [-0.2, -0.15) is 0 Å². The minimum atomic E-state index is -4.30. The molecule has 248 valence electrons. The lowest BCUT2D eigenvalue weighted by molar-refractivity contribution is -0.140. The van der Waals surface area contributed by atoms with Gasteiger partial charge in [-0.25, -0.2) is 8.42 Å². The summed E-state index contributed by atoms with van der Waals surface area (Å²) >= 11 is 25.2. The number of rotatable bonds is 13. The number of amides is 2. The van der Waals surface area contributed by atoms with Gasteiger partial charge in [0.25, 0.3) is 10.0 Å². The molecule has 47 heavy (non-hydrogen) atoms. The number of benzene rings is 4. The molecule has 0 fully saturated rings. The third-order valence-corrected chi connectivity index (χ3v) is 10.8. The van der Waals surface area contributed by atoms with E-state index in [-0.39, 0.29) is 45.5 Å². The molecule has 0 aliphatic carbocycles. The molecule has 0 saturated heterocycles. The highest BCUT2D eigenvalue weighted by molar-refractivity contribution is 7.92. The maximum Gasteiger partial charge on any atom is 0.264 e. The van der Waals surface area contributed by atoms with Crippen molar-refractivity contribution in [3.8, 4) is 0 Å². The Bertz CT molecular complexity index is 1820. The van der Waals surface area contributed by atoms with E-state index >= 15 is 0 Å². The molecule has 0 saturated carbocycles. The predicted molar refractivity (Wildman–Crippen MR) is 191 cm³/mol. The Morgan fingerprint density at radius 1 is 0.830 bits per heavy atom. The monoisotopic (exact) mass is 733 g/mol. The van der Waals surface area contributed by atoms with E-state index in [0.29, 0.717) is 22.0 Å². The van der Waals surface area contributed by atoms with E-state index in [9.17, 15) is 18.0 Å². The summed E-state index contributed by atoms with van der Waals surface area (Å²) in [5, 5.41) is 4.04. The lowest BCUT2D eigenvalue weighted by Gasteiger charge is -2.34. The van der Waals surface area contributed by atoms with Crippen LogP contribution in [0.4, 0.5) is 5.69 Å². The van der Waals surface area contributed by atoms with Crippen molar-refractivity contribution in [2.24, 2.45) is 0 Å². The van der Waals surface area contributed by atoms with Crippen LogP contribution < -0.4 is 9.62 Å². The van der Waals surface area contributed by atoms with Crippen molar-refractivity contribution in [3.63, 3.8) is 0 Å². The van der Waals surface area contributed by atoms with Crippen molar-refractivity contribution in [2.45, 2.75) is 57.1 Å². The molecule has 7 nitrogen and oxygen atoms in total. The minimum Gasteiger partial charge on any atom is -0.352 e. The molecular formula is C35H35Cl4N3O4S.